The number of aryl methyl sites for hydroxylation is 1. The molecule has 1 fully saturated rings. The molecule has 94 valence electrons. The van der Waals surface area contributed by atoms with E-state index >= 15 is 0 Å². The molecule has 1 aliphatic carbocycles. The number of ether oxygens (including phenoxy) is 1. The maximum atomic E-state index is 10.3. The lowest BCUT2D eigenvalue weighted by atomic mass is 9.93. The van der Waals surface area contributed by atoms with E-state index in [2.05, 4.69) is 12.1 Å². The van der Waals surface area contributed by atoms with Gasteiger partial charge < -0.3 is 15.6 Å². The van der Waals surface area contributed by atoms with E-state index < -0.39 is 5.60 Å². The van der Waals surface area contributed by atoms with Gasteiger partial charge in [0.05, 0.1) is 12.7 Å². The zero-order valence-corrected chi connectivity index (χ0v) is 10.4. The summed E-state index contributed by atoms with van der Waals surface area (Å²) in [4.78, 5) is 0. The lowest BCUT2D eigenvalue weighted by Gasteiger charge is -2.22. The van der Waals surface area contributed by atoms with Crippen molar-refractivity contribution in [3.63, 3.8) is 0 Å². The molecule has 0 radical (unpaired) electrons. The fraction of sp³-hybridized carbons (Fsp3) is 0.571. The second kappa shape index (κ2) is 5.07. The highest BCUT2D eigenvalue weighted by Crippen LogP contribution is 2.32. The van der Waals surface area contributed by atoms with Crippen LogP contribution in [0.2, 0.25) is 0 Å². The molecule has 0 aliphatic heterocycles. The number of aliphatic hydroxyl groups is 1. The Balaban J connectivity index is 1.89. The van der Waals surface area contributed by atoms with Crippen LogP contribution in [0.4, 0.5) is 0 Å². The van der Waals surface area contributed by atoms with Crippen LogP contribution >= 0.6 is 0 Å². The van der Waals surface area contributed by atoms with E-state index in [0.29, 0.717) is 0 Å². The summed E-state index contributed by atoms with van der Waals surface area (Å²) in [7, 11) is 1.66. The minimum Gasteiger partial charge on any atom is -0.497 e. The second-order valence-electron chi connectivity index (χ2n) is 5.08. The highest BCUT2D eigenvalue weighted by molar-refractivity contribution is 5.27. The minimum atomic E-state index is -0.542. The highest BCUT2D eigenvalue weighted by atomic mass is 16.5. The summed E-state index contributed by atoms with van der Waals surface area (Å²) >= 11 is 0. The van der Waals surface area contributed by atoms with E-state index in [-0.39, 0.29) is 6.04 Å². The summed E-state index contributed by atoms with van der Waals surface area (Å²) in [6, 6.07) is 8.20. The summed E-state index contributed by atoms with van der Waals surface area (Å²) < 4.78 is 5.12. The summed E-state index contributed by atoms with van der Waals surface area (Å²) in [6.45, 7) is 0. The van der Waals surface area contributed by atoms with Crippen LogP contribution in [0.5, 0.6) is 5.75 Å². The molecule has 0 aromatic heterocycles. The average Bonchev–Trinajstić information content (AvgIpc) is 2.68. The first-order valence-electron chi connectivity index (χ1n) is 6.22. The third kappa shape index (κ3) is 3.20. The molecule has 0 amide bonds. The number of rotatable bonds is 4. The van der Waals surface area contributed by atoms with Gasteiger partial charge in [-0.2, -0.15) is 0 Å². The Morgan fingerprint density at radius 2 is 2.12 bits per heavy atom. The summed E-state index contributed by atoms with van der Waals surface area (Å²) in [5, 5.41) is 10.3. The number of hydrogen-bond acceptors (Lipinski definition) is 3. The standard InChI is InChI=1S/C14H21NO2/c1-17-13-4-2-11(3-5-13)6-8-14(16)9-7-12(15)10-14/h2-5,12,16H,6-10,15H2,1H3. The summed E-state index contributed by atoms with van der Waals surface area (Å²) in [6.07, 6.45) is 4.22. The Morgan fingerprint density at radius 3 is 2.65 bits per heavy atom. The zero-order chi connectivity index (χ0) is 12.3. The molecular weight excluding hydrogens is 214 g/mol. The van der Waals surface area contributed by atoms with Gasteiger partial charge in [0, 0.05) is 6.04 Å². The number of hydrogen-bond donors (Lipinski definition) is 2. The fourth-order valence-electron chi connectivity index (χ4n) is 2.54. The zero-order valence-electron chi connectivity index (χ0n) is 10.4. The maximum absolute atomic E-state index is 10.3. The van der Waals surface area contributed by atoms with Crippen LogP contribution in [0.1, 0.15) is 31.2 Å². The van der Waals surface area contributed by atoms with Crippen LogP contribution in [0, 0.1) is 0 Å². The largest absolute Gasteiger partial charge is 0.497 e. The Labute approximate surface area is 103 Å². The van der Waals surface area contributed by atoms with Crippen LogP contribution in [-0.2, 0) is 6.42 Å². The Kier molecular flexibility index (Phi) is 3.69. The third-order valence-corrected chi connectivity index (χ3v) is 3.66. The van der Waals surface area contributed by atoms with Crippen molar-refractivity contribution < 1.29 is 9.84 Å². The van der Waals surface area contributed by atoms with E-state index in [1.165, 1.54) is 5.56 Å². The van der Waals surface area contributed by atoms with Crippen molar-refractivity contribution in [3.8, 4) is 5.75 Å². The van der Waals surface area contributed by atoms with Crippen molar-refractivity contribution in [1.29, 1.82) is 0 Å². The van der Waals surface area contributed by atoms with Crippen molar-refractivity contribution in [3.05, 3.63) is 29.8 Å². The molecule has 3 N–H and O–H groups in total. The van der Waals surface area contributed by atoms with Gasteiger partial charge in [-0.25, -0.2) is 0 Å². The molecule has 0 bridgehead atoms. The predicted octanol–water partition coefficient (Wildman–Crippen LogP) is 1.87. The smallest absolute Gasteiger partial charge is 0.118 e. The van der Waals surface area contributed by atoms with E-state index in [4.69, 9.17) is 10.5 Å². The summed E-state index contributed by atoms with van der Waals surface area (Å²) in [5.74, 6) is 0.871. The third-order valence-electron chi connectivity index (χ3n) is 3.66. The number of benzene rings is 1. The van der Waals surface area contributed by atoms with Crippen LogP contribution in [-0.4, -0.2) is 23.9 Å². The van der Waals surface area contributed by atoms with Gasteiger partial charge in [0.25, 0.3) is 0 Å². The van der Waals surface area contributed by atoms with Crippen LogP contribution < -0.4 is 10.5 Å². The van der Waals surface area contributed by atoms with Gasteiger partial charge in [-0.15, -0.1) is 0 Å². The van der Waals surface area contributed by atoms with E-state index in [1.807, 2.05) is 12.1 Å². The van der Waals surface area contributed by atoms with Gasteiger partial charge in [0.15, 0.2) is 0 Å². The van der Waals surface area contributed by atoms with E-state index in [1.54, 1.807) is 7.11 Å². The molecule has 3 heteroatoms. The molecule has 1 aromatic carbocycles. The quantitative estimate of drug-likeness (QED) is 0.837. The Morgan fingerprint density at radius 1 is 1.41 bits per heavy atom. The molecule has 0 spiro atoms. The lowest BCUT2D eigenvalue weighted by molar-refractivity contribution is 0.0378. The highest BCUT2D eigenvalue weighted by Gasteiger charge is 2.34. The Bertz CT molecular complexity index is 363. The first-order valence-corrected chi connectivity index (χ1v) is 6.22. The second-order valence-corrected chi connectivity index (χ2v) is 5.08. The van der Waals surface area contributed by atoms with E-state index in [9.17, 15) is 5.11 Å². The molecule has 17 heavy (non-hydrogen) atoms. The molecule has 2 unspecified atom stereocenters. The van der Waals surface area contributed by atoms with Crippen molar-refractivity contribution in [1.82, 2.24) is 0 Å². The Hall–Kier alpha value is -1.06. The molecule has 2 atom stereocenters. The monoisotopic (exact) mass is 235 g/mol. The van der Waals surface area contributed by atoms with Gasteiger partial charge in [-0.05, 0) is 49.8 Å². The minimum absolute atomic E-state index is 0.177. The maximum Gasteiger partial charge on any atom is 0.118 e. The SMILES string of the molecule is COc1ccc(CCC2(O)CCC(N)C2)cc1. The first kappa shape index (κ1) is 12.4. The van der Waals surface area contributed by atoms with Crippen molar-refractivity contribution in [2.45, 2.75) is 43.7 Å². The number of methoxy groups -OCH3 is 1. The molecule has 0 heterocycles. The number of nitrogens with two attached hydrogens (primary N) is 1. The molecule has 2 rings (SSSR count). The molecule has 1 saturated carbocycles. The topological polar surface area (TPSA) is 55.5 Å². The molecule has 3 nitrogen and oxygen atoms in total. The van der Waals surface area contributed by atoms with Crippen molar-refractivity contribution >= 4 is 0 Å². The van der Waals surface area contributed by atoms with Gasteiger partial charge >= 0.3 is 0 Å². The first-order chi connectivity index (χ1) is 8.11. The predicted molar refractivity (Wildman–Crippen MR) is 68.1 cm³/mol. The molecular formula is C14H21NO2. The van der Waals surface area contributed by atoms with Crippen LogP contribution in [0.25, 0.3) is 0 Å². The summed E-state index contributed by atoms with van der Waals surface area (Å²) in [5.41, 5.74) is 6.53. The van der Waals surface area contributed by atoms with Crippen molar-refractivity contribution in [2.75, 3.05) is 7.11 Å². The molecule has 1 aromatic rings. The normalized spacial score (nSPS) is 28.3. The van der Waals surface area contributed by atoms with Crippen LogP contribution in [0.3, 0.4) is 0 Å². The lowest BCUT2D eigenvalue weighted by Crippen LogP contribution is -2.28. The van der Waals surface area contributed by atoms with Gasteiger partial charge in [-0.1, -0.05) is 12.1 Å². The molecule has 0 saturated heterocycles. The fourth-order valence-corrected chi connectivity index (χ4v) is 2.54. The van der Waals surface area contributed by atoms with Gasteiger partial charge in [0.2, 0.25) is 0 Å². The molecule has 1 aliphatic rings. The van der Waals surface area contributed by atoms with Gasteiger partial charge in [0.1, 0.15) is 5.75 Å². The average molecular weight is 235 g/mol. The van der Waals surface area contributed by atoms with E-state index in [0.717, 1.165) is 37.9 Å². The van der Waals surface area contributed by atoms with Gasteiger partial charge in [-0.3, -0.25) is 0 Å². The van der Waals surface area contributed by atoms with Crippen molar-refractivity contribution in [2.24, 2.45) is 5.73 Å². The van der Waals surface area contributed by atoms with Crippen LogP contribution in [0.15, 0.2) is 24.3 Å².